The minimum Gasteiger partial charge on any atom is -0.870 e. The van der Waals surface area contributed by atoms with Crippen LogP contribution in [0.3, 0.4) is 0 Å². The van der Waals surface area contributed by atoms with E-state index in [1.807, 2.05) is 6.07 Å². The summed E-state index contributed by atoms with van der Waals surface area (Å²) in [5, 5.41) is 12.4. The van der Waals surface area contributed by atoms with E-state index in [1.165, 1.54) is 38.2 Å². The van der Waals surface area contributed by atoms with Gasteiger partial charge in [0, 0.05) is 6.07 Å². The maximum Gasteiger partial charge on any atom is 1.00 e. The summed E-state index contributed by atoms with van der Waals surface area (Å²) in [5.74, 6) is -0.0824. The molecule has 0 atom stereocenters. The number of benzene rings is 2. The molecule has 0 saturated heterocycles. The molecule has 154 valence electrons. The molecule has 5 nitrogen and oxygen atoms in total. The Balaban J connectivity index is 0.00000420. The first kappa shape index (κ1) is 26.6. The third-order valence-corrected chi connectivity index (χ3v) is 5.61. The summed E-state index contributed by atoms with van der Waals surface area (Å²) >= 11 is 0. The summed E-state index contributed by atoms with van der Waals surface area (Å²) in [6.45, 7) is 2.19. The molecule has 0 heterocycles. The largest absolute Gasteiger partial charge is 1.00 e. The summed E-state index contributed by atoms with van der Waals surface area (Å²) in [6.07, 6.45) is 9.40. The van der Waals surface area contributed by atoms with E-state index in [9.17, 15) is 18.1 Å². The number of rotatable bonds is 12. The molecule has 7 heteroatoms. The fourth-order valence-electron chi connectivity index (χ4n) is 3.16. The van der Waals surface area contributed by atoms with E-state index in [2.05, 4.69) is 6.92 Å². The second-order valence-electron chi connectivity index (χ2n) is 7.02. The fraction of sp³-hybridized carbons (Fsp3) is 0.455. The van der Waals surface area contributed by atoms with E-state index in [0.29, 0.717) is 17.7 Å². The van der Waals surface area contributed by atoms with Gasteiger partial charge in [-0.2, -0.15) is 8.42 Å². The smallest absolute Gasteiger partial charge is 0.870 e. The minimum absolute atomic E-state index is 0. The molecule has 0 bridgehead atoms. The number of hydrogen-bond donors (Lipinski definition) is 1. The Morgan fingerprint density at radius 1 is 0.931 bits per heavy atom. The van der Waals surface area contributed by atoms with Crippen LogP contribution in [0.2, 0.25) is 0 Å². The first-order valence-corrected chi connectivity index (χ1v) is 11.4. The van der Waals surface area contributed by atoms with Crippen molar-refractivity contribution in [2.75, 3.05) is 0 Å². The number of aryl methyl sites for hydroxylation is 1. The van der Waals surface area contributed by atoms with Crippen molar-refractivity contribution in [3.63, 3.8) is 0 Å². The fourth-order valence-corrected chi connectivity index (χ4v) is 3.91. The molecule has 0 spiro atoms. The number of hydrogen-bond acceptors (Lipinski definition) is 4. The molecule has 0 radical (unpaired) electrons. The SMILES string of the molecule is CCCCCCCCCCc1cc([O-])c(Oc2ccccc2)cc1S(=O)(=O)O.[K+]. The molecular formula is C22H29KO5S. The zero-order valence-corrected chi connectivity index (χ0v) is 21.3. The van der Waals surface area contributed by atoms with Gasteiger partial charge in [0.25, 0.3) is 10.1 Å². The minimum atomic E-state index is -4.44. The van der Waals surface area contributed by atoms with Crippen LogP contribution in [-0.4, -0.2) is 13.0 Å². The summed E-state index contributed by atoms with van der Waals surface area (Å²) in [6, 6.07) is 11.0. The number of ether oxygens (including phenoxy) is 1. The Morgan fingerprint density at radius 3 is 2.10 bits per heavy atom. The van der Waals surface area contributed by atoms with Gasteiger partial charge < -0.3 is 9.84 Å². The van der Waals surface area contributed by atoms with Gasteiger partial charge in [-0.25, -0.2) is 0 Å². The van der Waals surface area contributed by atoms with Crippen molar-refractivity contribution >= 4 is 10.1 Å². The van der Waals surface area contributed by atoms with E-state index >= 15 is 0 Å². The standard InChI is InChI=1S/C22H30O5S.K/c1-2-3-4-5-6-7-8-10-13-18-16-20(23)21(17-22(18)28(24,25)26)27-19-14-11-9-12-15-19;/h9,11-12,14-17,23H,2-8,10,13H2,1H3,(H,24,25,26);/q;+1/p-1. The molecule has 0 aliphatic carbocycles. The summed E-state index contributed by atoms with van der Waals surface area (Å²) in [7, 11) is -4.44. The van der Waals surface area contributed by atoms with Gasteiger partial charge in [0.1, 0.15) is 16.4 Å². The Labute approximate surface area is 217 Å². The van der Waals surface area contributed by atoms with Gasteiger partial charge in [-0.15, -0.1) is 0 Å². The Hall–Kier alpha value is -0.414. The summed E-state index contributed by atoms with van der Waals surface area (Å²) in [4.78, 5) is -0.249. The van der Waals surface area contributed by atoms with Crippen molar-refractivity contribution < 1.29 is 74.2 Å². The average Bonchev–Trinajstić information content (AvgIpc) is 2.65. The van der Waals surface area contributed by atoms with Crippen molar-refractivity contribution in [2.45, 2.75) is 69.6 Å². The molecule has 29 heavy (non-hydrogen) atoms. The molecule has 0 unspecified atom stereocenters. The molecular weight excluding hydrogens is 415 g/mol. The molecule has 0 fully saturated rings. The van der Waals surface area contributed by atoms with Crippen LogP contribution >= 0.6 is 0 Å². The molecule has 0 aliphatic heterocycles. The normalized spacial score (nSPS) is 11.1. The Morgan fingerprint density at radius 2 is 1.52 bits per heavy atom. The van der Waals surface area contributed by atoms with Gasteiger partial charge in [-0.1, -0.05) is 81.9 Å². The first-order valence-electron chi connectivity index (χ1n) is 9.96. The topological polar surface area (TPSA) is 86.7 Å². The number of unbranched alkanes of at least 4 members (excludes halogenated alkanes) is 7. The van der Waals surface area contributed by atoms with Crippen LogP contribution < -0.4 is 61.2 Å². The monoisotopic (exact) mass is 444 g/mol. The molecule has 2 aromatic carbocycles. The van der Waals surface area contributed by atoms with Crippen molar-refractivity contribution in [1.29, 1.82) is 0 Å². The molecule has 0 aliphatic rings. The predicted molar refractivity (Wildman–Crippen MR) is 109 cm³/mol. The van der Waals surface area contributed by atoms with E-state index in [1.54, 1.807) is 24.3 Å². The Bertz CT molecular complexity index is 838. The van der Waals surface area contributed by atoms with E-state index < -0.39 is 15.9 Å². The predicted octanol–water partition coefficient (Wildman–Crippen LogP) is 2.49. The van der Waals surface area contributed by atoms with Crippen molar-refractivity contribution in [1.82, 2.24) is 0 Å². The maximum atomic E-state index is 12.4. The van der Waals surface area contributed by atoms with Gasteiger partial charge in [-0.05, 0) is 30.5 Å². The second-order valence-corrected chi connectivity index (χ2v) is 8.41. The van der Waals surface area contributed by atoms with Gasteiger partial charge >= 0.3 is 51.4 Å². The van der Waals surface area contributed by atoms with Gasteiger partial charge in [-0.3, -0.25) is 4.55 Å². The molecule has 2 aromatic rings. The van der Waals surface area contributed by atoms with E-state index in [0.717, 1.165) is 25.3 Å². The van der Waals surface area contributed by atoms with Gasteiger partial charge in [0.15, 0.2) is 0 Å². The van der Waals surface area contributed by atoms with E-state index in [-0.39, 0.29) is 62.0 Å². The van der Waals surface area contributed by atoms with Crippen LogP contribution in [0.1, 0.15) is 63.9 Å². The van der Waals surface area contributed by atoms with Crippen molar-refractivity contribution in [2.24, 2.45) is 0 Å². The van der Waals surface area contributed by atoms with Crippen LogP contribution in [0.4, 0.5) is 0 Å². The van der Waals surface area contributed by atoms with Crippen LogP contribution in [0.15, 0.2) is 47.4 Å². The summed E-state index contributed by atoms with van der Waals surface area (Å²) < 4.78 is 38.7. The van der Waals surface area contributed by atoms with Crippen LogP contribution in [0.25, 0.3) is 0 Å². The van der Waals surface area contributed by atoms with Crippen LogP contribution in [-0.2, 0) is 16.5 Å². The molecule has 0 saturated carbocycles. The maximum absolute atomic E-state index is 12.4. The third-order valence-electron chi connectivity index (χ3n) is 4.68. The van der Waals surface area contributed by atoms with Gasteiger partial charge in [0.2, 0.25) is 0 Å². The van der Waals surface area contributed by atoms with E-state index in [4.69, 9.17) is 4.74 Å². The zero-order valence-electron chi connectivity index (χ0n) is 17.4. The molecule has 2 rings (SSSR count). The average molecular weight is 445 g/mol. The third kappa shape index (κ3) is 9.51. The molecule has 1 N–H and O–H groups in total. The Kier molecular flexibility index (Phi) is 12.7. The van der Waals surface area contributed by atoms with Gasteiger partial charge in [0.05, 0.1) is 0 Å². The quantitative estimate of drug-likeness (QED) is 0.309. The second kappa shape index (κ2) is 13.8. The first-order chi connectivity index (χ1) is 13.4. The zero-order chi connectivity index (χ0) is 20.4. The molecule has 0 amide bonds. The summed E-state index contributed by atoms with van der Waals surface area (Å²) in [5.41, 5.74) is 0.346. The van der Waals surface area contributed by atoms with Crippen LogP contribution in [0.5, 0.6) is 17.2 Å². The number of para-hydroxylation sites is 1. The van der Waals surface area contributed by atoms with Crippen molar-refractivity contribution in [3.05, 3.63) is 48.0 Å². The van der Waals surface area contributed by atoms with Crippen LogP contribution in [0, 0.1) is 0 Å². The van der Waals surface area contributed by atoms with Crippen molar-refractivity contribution in [3.8, 4) is 17.2 Å². The molecule has 0 aromatic heterocycles.